The Balaban J connectivity index is 1.87. The highest BCUT2D eigenvalue weighted by atomic mass is 16.5. The molecule has 2 N–H and O–H groups in total. The van der Waals surface area contributed by atoms with E-state index in [1.165, 1.54) is 6.07 Å². The molecule has 3 heterocycles. The molecule has 0 atom stereocenters. The highest BCUT2D eigenvalue weighted by Gasteiger charge is 2.25. The number of nitrogens with zero attached hydrogens (tertiary/aromatic N) is 2. The molecule has 0 fully saturated rings. The molecule has 0 saturated heterocycles. The molecule has 4 aromatic rings. The molecule has 1 aromatic carbocycles. The summed E-state index contributed by atoms with van der Waals surface area (Å²) in [7, 11) is 0. The fraction of sp³-hybridized carbons (Fsp3) is 0.222. The number of pyridine rings is 1. The Morgan fingerprint density at radius 3 is 2.79 bits per heavy atom. The predicted molar refractivity (Wildman–Crippen MR) is 92.9 cm³/mol. The topological polar surface area (TPSA) is 75.2 Å². The second-order valence-corrected chi connectivity index (χ2v) is 6.90. The lowest BCUT2D eigenvalue weighted by molar-refractivity contribution is 0.439. The van der Waals surface area contributed by atoms with E-state index in [2.05, 4.69) is 36.1 Å². The molecule has 0 aliphatic rings. The van der Waals surface area contributed by atoms with Crippen molar-refractivity contribution in [2.24, 2.45) is 0 Å². The Hall–Kier alpha value is -3.02. The second kappa shape index (κ2) is 4.99. The first-order chi connectivity index (χ1) is 11.4. The van der Waals surface area contributed by atoms with E-state index in [0.717, 1.165) is 22.0 Å². The fourth-order valence-electron chi connectivity index (χ4n) is 2.95. The molecular weight excluding hydrogens is 304 g/mol. The van der Waals surface area contributed by atoms with Crippen molar-refractivity contribution < 1.29 is 4.74 Å². The van der Waals surface area contributed by atoms with Gasteiger partial charge in [0.1, 0.15) is 5.75 Å². The maximum Gasteiger partial charge on any atom is 0.218 e. The average Bonchev–Trinajstić information content (AvgIpc) is 3.09. The third-order valence-corrected chi connectivity index (χ3v) is 4.01. The summed E-state index contributed by atoms with van der Waals surface area (Å²) in [6.45, 7) is 6.29. The van der Waals surface area contributed by atoms with Crippen molar-refractivity contribution in [3.63, 3.8) is 0 Å². The van der Waals surface area contributed by atoms with Crippen LogP contribution in [0.2, 0.25) is 0 Å². The van der Waals surface area contributed by atoms with Crippen molar-refractivity contribution in [1.82, 2.24) is 19.8 Å². The smallest absolute Gasteiger partial charge is 0.218 e. The van der Waals surface area contributed by atoms with Crippen molar-refractivity contribution >= 4 is 16.4 Å². The quantitative estimate of drug-likeness (QED) is 0.592. The summed E-state index contributed by atoms with van der Waals surface area (Å²) in [6, 6.07) is 8.91. The van der Waals surface area contributed by atoms with Crippen LogP contribution in [0.15, 0.2) is 47.5 Å². The third kappa shape index (κ3) is 2.36. The molecule has 0 amide bonds. The van der Waals surface area contributed by atoms with Crippen LogP contribution in [0.1, 0.15) is 26.3 Å². The zero-order valence-corrected chi connectivity index (χ0v) is 13.8. The normalized spacial score (nSPS) is 12.1. The van der Waals surface area contributed by atoms with Gasteiger partial charge in [0.25, 0.3) is 0 Å². The Morgan fingerprint density at radius 2 is 2.00 bits per heavy atom. The number of nitrogens with one attached hydrogen (secondary N) is 2. The zero-order chi connectivity index (χ0) is 16.9. The predicted octanol–water partition coefficient (Wildman–Crippen LogP) is 3.59. The van der Waals surface area contributed by atoms with Gasteiger partial charge in [-0.05, 0) is 23.6 Å². The van der Waals surface area contributed by atoms with Gasteiger partial charge in [0.05, 0.1) is 17.2 Å². The summed E-state index contributed by atoms with van der Waals surface area (Å²) in [5.74, 6) is 1.35. The van der Waals surface area contributed by atoms with Crippen molar-refractivity contribution in [1.29, 1.82) is 0 Å². The molecule has 6 heteroatoms. The first kappa shape index (κ1) is 14.6. The van der Waals surface area contributed by atoms with Crippen molar-refractivity contribution in [2.75, 3.05) is 0 Å². The monoisotopic (exact) mass is 322 g/mol. The molecule has 0 bridgehead atoms. The van der Waals surface area contributed by atoms with Crippen LogP contribution in [0.4, 0.5) is 0 Å². The highest BCUT2D eigenvalue weighted by molar-refractivity contribution is 5.79. The van der Waals surface area contributed by atoms with E-state index in [0.29, 0.717) is 11.6 Å². The number of hydrogen-bond acceptors (Lipinski definition) is 3. The van der Waals surface area contributed by atoms with E-state index in [-0.39, 0.29) is 10.8 Å². The molecule has 0 unspecified atom stereocenters. The summed E-state index contributed by atoms with van der Waals surface area (Å²) in [5, 5.41) is 11.1. The van der Waals surface area contributed by atoms with Gasteiger partial charge in [-0.15, -0.1) is 0 Å². The highest BCUT2D eigenvalue weighted by Crippen LogP contribution is 2.36. The second-order valence-electron chi connectivity index (χ2n) is 6.90. The Bertz CT molecular complexity index is 1100. The van der Waals surface area contributed by atoms with E-state index in [9.17, 15) is 4.79 Å². The number of fused-ring (bicyclic) bond motifs is 2. The number of benzene rings is 1. The third-order valence-electron chi connectivity index (χ3n) is 4.01. The Kier molecular flexibility index (Phi) is 3.03. The number of ether oxygens (including phenoxy) is 1. The molecule has 24 heavy (non-hydrogen) atoms. The molecule has 0 aliphatic heterocycles. The van der Waals surface area contributed by atoms with Crippen LogP contribution in [0, 0.1) is 0 Å². The zero-order valence-electron chi connectivity index (χ0n) is 13.8. The van der Waals surface area contributed by atoms with Gasteiger partial charge in [-0.25, -0.2) is 0 Å². The molecule has 3 aromatic heterocycles. The summed E-state index contributed by atoms with van der Waals surface area (Å²) in [5.41, 5.74) is 2.54. The van der Waals surface area contributed by atoms with Crippen LogP contribution in [-0.4, -0.2) is 19.8 Å². The van der Waals surface area contributed by atoms with Crippen LogP contribution < -0.4 is 10.2 Å². The minimum absolute atomic E-state index is 0.0223. The van der Waals surface area contributed by atoms with Gasteiger partial charge in [0.2, 0.25) is 5.88 Å². The molecule has 0 radical (unpaired) electrons. The molecule has 0 saturated carbocycles. The maximum absolute atomic E-state index is 11.8. The first-order valence-corrected chi connectivity index (χ1v) is 7.78. The molecule has 0 aliphatic carbocycles. The van der Waals surface area contributed by atoms with Gasteiger partial charge in [-0.3, -0.25) is 19.5 Å². The Morgan fingerprint density at radius 1 is 1.17 bits per heavy atom. The van der Waals surface area contributed by atoms with Gasteiger partial charge in [0.15, 0.2) is 5.43 Å². The van der Waals surface area contributed by atoms with Crippen LogP contribution in [0.3, 0.4) is 0 Å². The van der Waals surface area contributed by atoms with Crippen molar-refractivity contribution in [2.45, 2.75) is 26.2 Å². The minimum Gasteiger partial charge on any atom is -0.439 e. The van der Waals surface area contributed by atoms with Crippen molar-refractivity contribution in [3.05, 3.63) is 58.5 Å². The lowest BCUT2D eigenvalue weighted by Gasteiger charge is -2.19. The number of aromatic amines is 2. The standard InChI is InChI=1S/C18H18N4O2/c1-18(2,3)16-15-9-12(23)6-7-22(15)21-17(16)24-13-4-5-14-11(8-13)10-19-20-14/h4-10,21H,1-3H3,(H,19,20). The van der Waals surface area contributed by atoms with E-state index >= 15 is 0 Å². The lowest BCUT2D eigenvalue weighted by Crippen LogP contribution is -2.12. The summed E-state index contributed by atoms with van der Waals surface area (Å²) in [6.07, 6.45) is 3.48. The van der Waals surface area contributed by atoms with Crippen LogP contribution >= 0.6 is 0 Å². The lowest BCUT2D eigenvalue weighted by atomic mass is 9.87. The van der Waals surface area contributed by atoms with E-state index in [1.807, 2.05) is 22.7 Å². The van der Waals surface area contributed by atoms with Gasteiger partial charge in [-0.2, -0.15) is 5.10 Å². The SMILES string of the molecule is CC(C)(C)c1c(Oc2ccc3[nH]ncc3c2)[nH]n2ccc(=O)cc12. The number of rotatable bonds is 2. The van der Waals surface area contributed by atoms with E-state index in [4.69, 9.17) is 4.74 Å². The number of aromatic nitrogens is 4. The van der Waals surface area contributed by atoms with Crippen molar-refractivity contribution in [3.8, 4) is 11.6 Å². The van der Waals surface area contributed by atoms with Crippen LogP contribution in [0.5, 0.6) is 11.6 Å². The maximum atomic E-state index is 11.8. The number of H-pyrrole nitrogens is 2. The van der Waals surface area contributed by atoms with Gasteiger partial charge in [0, 0.05) is 29.3 Å². The Labute approximate surface area is 138 Å². The summed E-state index contributed by atoms with van der Waals surface area (Å²) < 4.78 is 7.93. The molecule has 4 rings (SSSR count). The first-order valence-electron chi connectivity index (χ1n) is 7.78. The van der Waals surface area contributed by atoms with Gasteiger partial charge >= 0.3 is 0 Å². The van der Waals surface area contributed by atoms with E-state index in [1.54, 1.807) is 18.5 Å². The molecule has 122 valence electrons. The van der Waals surface area contributed by atoms with Gasteiger partial charge < -0.3 is 4.74 Å². The fourth-order valence-corrected chi connectivity index (χ4v) is 2.95. The molecule has 6 nitrogen and oxygen atoms in total. The van der Waals surface area contributed by atoms with E-state index < -0.39 is 0 Å². The van der Waals surface area contributed by atoms with Crippen LogP contribution in [-0.2, 0) is 5.41 Å². The average molecular weight is 322 g/mol. The minimum atomic E-state index is -0.186. The summed E-state index contributed by atoms with van der Waals surface area (Å²) >= 11 is 0. The summed E-state index contributed by atoms with van der Waals surface area (Å²) in [4.78, 5) is 11.8. The largest absolute Gasteiger partial charge is 0.439 e. The molecule has 0 spiro atoms. The van der Waals surface area contributed by atoms with Crippen LogP contribution in [0.25, 0.3) is 16.4 Å². The number of hydrogen-bond donors (Lipinski definition) is 2. The molecular formula is C18H18N4O2. The van der Waals surface area contributed by atoms with Gasteiger partial charge in [-0.1, -0.05) is 20.8 Å².